The number of rotatable bonds is 3. The molecule has 0 fully saturated rings. The van der Waals surface area contributed by atoms with Gasteiger partial charge in [-0.3, -0.25) is 0 Å². The highest BCUT2D eigenvalue weighted by molar-refractivity contribution is 6.30. The number of nitrogens with one attached hydrogen (secondary N) is 1. The summed E-state index contributed by atoms with van der Waals surface area (Å²) in [5.74, 6) is 0.780. The lowest BCUT2D eigenvalue weighted by Gasteiger charge is -2.02. The Morgan fingerprint density at radius 2 is 1.90 bits per heavy atom. The van der Waals surface area contributed by atoms with Gasteiger partial charge < -0.3 is 14.9 Å². The molecule has 3 rings (SSSR count). The van der Waals surface area contributed by atoms with Crippen molar-refractivity contribution >= 4 is 28.2 Å². The quantitative estimate of drug-likeness (QED) is 0.435. The summed E-state index contributed by atoms with van der Waals surface area (Å²) in [7, 11) is 1.63. The second kappa shape index (κ2) is 5.50. The zero-order valence-corrected chi connectivity index (χ0v) is 12.1. The van der Waals surface area contributed by atoms with Crippen LogP contribution in [0, 0.1) is 0 Å². The van der Waals surface area contributed by atoms with Crippen LogP contribution in [0.4, 0.5) is 0 Å². The molecule has 0 saturated carbocycles. The highest BCUT2D eigenvalue weighted by Crippen LogP contribution is 2.23. The molecule has 0 atom stereocenters. The number of aromatic nitrogens is 1. The predicted octanol–water partition coefficient (Wildman–Crippen LogP) is 4.06. The Hall–Kier alpha value is -2.46. The van der Waals surface area contributed by atoms with Gasteiger partial charge in [0.1, 0.15) is 11.5 Å². The second-order valence-corrected chi connectivity index (χ2v) is 5.03. The summed E-state index contributed by atoms with van der Waals surface area (Å²) < 4.78 is 5.21. The zero-order chi connectivity index (χ0) is 14.8. The van der Waals surface area contributed by atoms with Crippen molar-refractivity contribution in [2.24, 2.45) is 5.16 Å². The summed E-state index contributed by atoms with van der Waals surface area (Å²) >= 11 is 5.88. The largest absolute Gasteiger partial charge is 0.497 e. The zero-order valence-electron chi connectivity index (χ0n) is 11.3. The van der Waals surface area contributed by atoms with Crippen LogP contribution in [0.2, 0.25) is 5.02 Å². The van der Waals surface area contributed by atoms with Gasteiger partial charge in [0.15, 0.2) is 0 Å². The summed E-state index contributed by atoms with van der Waals surface area (Å²) in [6, 6.07) is 14.8. The molecule has 0 bridgehead atoms. The summed E-state index contributed by atoms with van der Waals surface area (Å²) in [4.78, 5) is 3.23. The third kappa shape index (κ3) is 2.58. The van der Waals surface area contributed by atoms with E-state index in [1.54, 1.807) is 19.2 Å². The van der Waals surface area contributed by atoms with E-state index in [9.17, 15) is 5.21 Å². The highest BCUT2D eigenvalue weighted by atomic mass is 35.5. The SMILES string of the molecule is COc1ccc2[nH]c(C(=NO)c3ccc(Cl)cc3)cc2c1. The van der Waals surface area contributed by atoms with Gasteiger partial charge in [0.2, 0.25) is 0 Å². The van der Waals surface area contributed by atoms with Crippen LogP contribution in [0.1, 0.15) is 11.3 Å². The van der Waals surface area contributed by atoms with Crippen molar-refractivity contribution in [1.29, 1.82) is 0 Å². The third-order valence-electron chi connectivity index (χ3n) is 3.30. The number of halogens is 1. The Morgan fingerprint density at radius 1 is 1.14 bits per heavy atom. The molecule has 0 aliphatic carbocycles. The lowest BCUT2D eigenvalue weighted by Crippen LogP contribution is -2.03. The third-order valence-corrected chi connectivity index (χ3v) is 3.55. The summed E-state index contributed by atoms with van der Waals surface area (Å²) in [5, 5.41) is 14.4. The van der Waals surface area contributed by atoms with E-state index in [0.717, 1.165) is 27.9 Å². The Balaban J connectivity index is 2.07. The van der Waals surface area contributed by atoms with E-state index in [1.165, 1.54) is 0 Å². The maximum Gasteiger partial charge on any atom is 0.133 e. The van der Waals surface area contributed by atoms with E-state index in [2.05, 4.69) is 10.1 Å². The molecule has 0 radical (unpaired) electrons. The van der Waals surface area contributed by atoms with Gasteiger partial charge in [-0.2, -0.15) is 0 Å². The predicted molar refractivity (Wildman–Crippen MR) is 83.7 cm³/mol. The van der Waals surface area contributed by atoms with Crippen molar-refractivity contribution in [2.75, 3.05) is 7.11 Å². The van der Waals surface area contributed by atoms with Gasteiger partial charge in [-0.05, 0) is 36.4 Å². The molecule has 0 aliphatic heterocycles. The summed E-state index contributed by atoms with van der Waals surface area (Å²) in [6.45, 7) is 0. The molecule has 5 heteroatoms. The van der Waals surface area contributed by atoms with E-state index >= 15 is 0 Å². The first kappa shape index (κ1) is 13.5. The Labute approximate surface area is 126 Å². The van der Waals surface area contributed by atoms with Gasteiger partial charge in [-0.15, -0.1) is 0 Å². The number of oxime groups is 1. The molecule has 0 saturated heterocycles. The molecular weight excluding hydrogens is 288 g/mol. The fourth-order valence-electron chi connectivity index (χ4n) is 2.24. The van der Waals surface area contributed by atoms with Gasteiger partial charge in [-0.1, -0.05) is 28.9 Å². The van der Waals surface area contributed by atoms with E-state index in [1.807, 2.05) is 36.4 Å². The van der Waals surface area contributed by atoms with E-state index in [4.69, 9.17) is 16.3 Å². The second-order valence-electron chi connectivity index (χ2n) is 4.59. The first-order chi connectivity index (χ1) is 10.2. The maximum atomic E-state index is 9.34. The minimum atomic E-state index is 0.460. The van der Waals surface area contributed by atoms with Crippen molar-refractivity contribution in [1.82, 2.24) is 4.98 Å². The van der Waals surface area contributed by atoms with Crippen LogP contribution in [0.15, 0.2) is 53.7 Å². The van der Waals surface area contributed by atoms with Crippen molar-refractivity contribution < 1.29 is 9.94 Å². The molecule has 0 spiro atoms. The maximum absolute atomic E-state index is 9.34. The standard InChI is InChI=1S/C16H13ClN2O2/c1-21-13-6-7-14-11(8-13)9-15(18-14)16(19-20)10-2-4-12(17)5-3-10/h2-9,18,20H,1H3. The first-order valence-electron chi connectivity index (χ1n) is 6.36. The molecule has 0 unspecified atom stereocenters. The molecule has 2 aromatic carbocycles. The average molecular weight is 301 g/mol. The number of benzene rings is 2. The molecule has 1 aromatic heterocycles. The Morgan fingerprint density at radius 3 is 2.57 bits per heavy atom. The number of methoxy groups -OCH3 is 1. The molecule has 4 nitrogen and oxygen atoms in total. The van der Waals surface area contributed by atoms with E-state index < -0.39 is 0 Å². The first-order valence-corrected chi connectivity index (χ1v) is 6.74. The van der Waals surface area contributed by atoms with Crippen molar-refractivity contribution in [3.8, 4) is 5.75 Å². The van der Waals surface area contributed by atoms with E-state index in [-0.39, 0.29) is 0 Å². The number of fused-ring (bicyclic) bond motifs is 1. The lowest BCUT2D eigenvalue weighted by molar-refractivity contribution is 0.319. The minimum absolute atomic E-state index is 0.460. The topological polar surface area (TPSA) is 57.6 Å². The Kier molecular flexibility index (Phi) is 3.54. The van der Waals surface area contributed by atoms with Crippen LogP contribution in [0.25, 0.3) is 10.9 Å². The highest BCUT2D eigenvalue weighted by Gasteiger charge is 2.11. The molecule has 2 N–H and O–H groups in total. The number of ether oxygens (including phenoxy) is 1. The molecule has 106 valence electrons. The van der Waals surface area contributed by atoms with Crippen molar-refractivity contribution in [3.05, 3.63) is 64.8 Å². The van der Waals surface area contributed by atoms with Gasteiger partial charge in [0, 0.05) is 21.5 Å². The van der Waals surface area contributed by atoms with Gasteiger partial charge in [-0.25, -0.2) is 0 Å². The van der Waals surface area contributed by atoms with Crippen LogP contribution < -0.4 is 4.74 Å². The van der Waals surface area contributed by atoms with Crippen LogP contribution in [0.5, 0.6) is 5.75 Å². The van der Waals surface area contributed by atoms with Crippen molar-refractivity contribution in [2.45, 2.75) is 0 Å². The fourth-order valence-corrected chi connectivity index (χ4v) is 2.37. The van der Waals surface area contributed by atoms with Gasteiger partial charge in [0.25, 0.3) is 0 Å². The molecule has 3 aromatic rings. The fraction of sp³-hybridized carbons (Fsp3) is 0.0625. The van der Waals surface area contributed by atoms with Crippen LogP contribution in [0.3, 0.4) is 0 Å². The van der Waals surface area contributed by atoms with Gasteiger partial charge in [0.05, 0.1) is 12.8 Å². The molecular formula is C16H13ClN2O2. The number of aromatic amines is 1. The molecule has 0 amide bonds. The number of hydrogen-bond acceptors (Lipinski definition) is 3. The van der Waals surface area contributed by atoms with Crippen LogP contribution in [-0.2, 0) is 0 Å². The minimum Gasteiger partial charge on any atom is -0.497 e. The van der Waals surface area contributed by atoms with Crippen LogP contribution in [-0.4, -0.2) is 23.0 Å². The number of H-pyrrole nitrogens is 1. The van der Waals surface area contributed by atoms with Gasteiger partial charge >= 0.3 is 0 Å². The Bertz CT molecular complexity index is 807. The smallest absolute Gasteiger partial charge is 0.133 e. The molecule has 0 aliphatic rings. The summed E-state index contributed by atoms with van der Waals surface area (Å²) in [5.41, 5.74) is 2.91. The molecule has 1 heterocycles. The number of nitrogens with zero attached hydrogens (tertiary/aromatic N) is 1. The van der Waals surface area contributed by atoms with Crippen molar-refractivity contribution in [3.63, 3.8) is 0 Å². The van der Waals surface area contributed by atoms with Crippen LogP contribution >= 0.6 is 11.6 Å². The normalized spacial score (nSPS) is 11.8. The molecule has 21 heavy (non-hydrogen) atoms. The number of hydrogen-bond donors (Lipinski definition) is 2. The average Bonchev–Trinajstić information content (AvgIpc) is 2.92. The lowest BCUT2D eigenvalue weighted by atomic mass is 10.1. The summed E-state index contributed by atoms with van der Waals surface area (Å²) in [6.07, 6.45) is 0. The van der Waals surface area contributed by atoms with E-state index in [0.29, 0.717) is 10.7 Å². The monoisotopic (exact) mass is 300 g/mol.